The van der Waals surface area contributed by atoms with Gasteiger partial charge < -0.3 is 21.3 Å². The van der Waals surface area contributed by atoms with Gasteiger partial charge >= 0.3 is 5.97 Å². The van der Waals surface area contributed by atoms with Crippen LogP contribution in [0.25, 0.3) is 0 Å². The molecular weight excluding hydrogens is 312 g/mol. The zero-order chi connectivity index (χ0) is 17.9. The van der Waals surface area contributed by atoms with E-state index in [0.29, 0.717) is 12.8 Å². The maximum absolute atomic E-state index is 12.9. The number of hydrogen-bond donors (Lipinski definition) is 4. The SMILES string of the molecule is CC(=O)N[C@@H](Cc1ccc(O)cc1)C(=O)C1CCCC1(N)C(=O)O. The Hall–Kier alpha value is -2.41. The summed E-state index contributed by atoms with van der Waals surface area (Å²) in [6.45, 7) is 1.30. The predicted octanol–water partition coefficient (Wildman–Crippen LogP) is 0.591. The van der Waals surface area contributed by atoms with Gasteiger partial charge in [0.05, 0.1) is 6.04 Å². The van der Waals surface area contributed by atoms with Crippen LogP contribution in [0.15, 0.2) is 24.3 Å². The van der Waals surface area contributed by atoms with Gasteiger partial charge in [0.1, 0.15) is 11.3 Å². The van der Waals surface area contributed by atoms with Gasteiger partial charge in [-0.3, -0.25) is 14.4 Å². The zero-order valence-corrected chi connectivity index (χ0v) is 13.5. The maximum atomic E-state index is 12.9. The highest BCUT2D eigenvalue weighted by molar-refractivity contribution is 5.96. The maximum Gasteiger partial charge on any atom is 0.324 e. The number of rotatable bonds is 6. The lowest BCUT2D eigenvalue weighted by Gasteiger charge is -2.29. The number of hydrogen-bond acceptors (Lipinski definition) is 5. The fraction of sp³-hybridized carbons (Fsp3) is 0.471. The van der Waals surface area contributed by atoms with Gasteiger partial charge in [0.15, 0.2) is 5.78 Å². The van der Waals surface area contributed by atoms with Gasteiger partial charge in [-0.2, -0.15) is 0 Å². The van der Waals surface area contributed by atoms with Crippen molar-refractivity contribution in [2.24, 2.45) is 11.7 Å². The monoisotopic (exact) mass is 334 g/mol. The van der Waals surface area contributed by atoms with Crippen LogP contribution < -0.4 is 11.1 Å². The van der Waals surface area contributed by atoms with E-state index in [1.54, 1.807) is 12.1 Å². The van der Waals surface area contributed by atoms with Crippen molar-refractivity contribution in [1.82, 2.24) is 5.32 Å². The number of carboxylic acids is 1. The standard InChI is InChI=1S/C17H22N2O5/c1-10(20)19-14(9-11-4-6-12(21)7-5-11)15(22)13-3-2-8-17(13,18)16(23)24/h4-7,13-14,21H,2-3,8-9,18H2,1H3,(H,19,20)(H,23,24)/t13?,14-,17?/m0/s1. The highest BCUT2D eigenvalue weighted by Gasteiger charge is 2.50. The number of amides is 1. The summed E-state index contributed by atoms with van der Waals surface area (Å²) in [5.74, 6) is -2.65. The number of nitrogens with one attached hydrogen (secondary N) is 1. The van der Waals surface area contributed by atoms with Crippen LogP contribution in [0.5, 0.6) is 5.75 Å². The van der Waals surface area contributed by atoms with Crippen LogP contribution >= 0.6 is 0 Å². The summed E-state index contributed by atoms with van der Waals surface area (Å²) in [5.41, 5.74) is 5.13. The first-order chi connectivity index (χ1) is 11.2. The first-order valence-corrected chi connectivity index (χ1v) is 7.85. The van der Waals surface area contributed by atoms with E-state index < -0.39 is 23.5 Å². The van der Waals surface area contributed by atoms with Crippen molar-refractivity contribution in [3.8, 4) is 5.75 Å². The summed E-state index contributed by atoms with van der Waals surface area (Å²) >= 11 is 0. The largest absolute Gasteiger partial charge is 0.508 e. The van der Waals surface area contributed by atoms with E-state index in [0.717, 1.165) is 5.56 Å². The van der Waals surface area contributed by atoms with Crippen molar-refractivity contribution in [3.05, 3.63) is 29.8 Å². The molecule has 24 heavy (non-hydrogen) atoms. The van der Waals surface area contributed by atoms with Crippen molar-refractivity contribution in [2.75, 3.05) is 0 Å². The van der Waals surface area contributed by atoms with E-state index in [1.165, 1.54) is 19.1 Å². The summed E-state index contributed by atoms with van der Waals surface area (Å²) in [5, 5.41) is 21.3. The third-order valence-electron chi connectivity index (χ3n) is 4.54. The van der Waals surface area contributed by atoms with Crippen molar-refractivity contribution in [1.29, 1.82) is 0 Å². The summed E-state index contributed by atoms with van der Waals surface area (Å²) in [6.07, 6.45) is 1.41. The number of nitrogens with two attached hydrogens (primary N) is 1. The first kappa shape index (κ1) is 17.9. The second-order valence-corrected chi connectivity index (χ2v) is 6.32. The lowest BCUT2D eigenvalue weighted by molar-refractivity contribution is -0.148. The Kier molecular flexibility index (Phi) is 5.23. The van der Waals surface area contributed by atoms with E-state index in [2.05, 4.69) is 5.32 Å². The van der Waals surface area contributed by atoms with E-state index in [4.69, 9.17) is 5.73 Å². The molecule has 3 atom stereocenters. The van der Waals surface area contributed by atoms with Gasteiger partial charge in [-0.05, 0) is 37.0 Å². The Bertz CT molecular complexity index is 643. The molecule has 7 heteroatoms. The van der Waals surface area contributed by atoms with Crippen LogP contribution in [0, 0.1) is 5.92 Å². The van der Waals surface area contributed by atoms with E-state index in [-0.39, 0.29) is 30.3 Å². The first-order valence-electron chi connectivity index (χ1n) is 7.85. The van der Waals surface area contributed by atoms with Crippen molar-refractivity contribution < 1.29 is 24.6 Å². The van der Waals surface area contributed by atoms with Crippen molar-refractivity contribution in [2.45, 2.75) is 44.2 Å². The molecule has 0 heterocycles. The van der Waals surface area contributed by atoms with Gasteiger partial charge in [-0.15, -0.1) is 0 Å². The number of benzene rings is 1. The molecule has 5 N–H and O–H groups in total. The van der Waals surface area contributed by atoms with Crippen molar-refractivity contribution in [3.63, 3.8) is 0 Å². The molecular formula is C17H22N2O5. The smallest absolute Gasteiger partial charge is 0.324 e. The second-order valence-electron chi connectivity index (χ2n) is 6.32. The number of carbonyl (C=O) groups excluding carboxylic acids is 2. The molecule has 1 fully saturated rings. The summed E-state index contributed by atoms with van der Waals surface area (Å²) in [7, 11) is 0. The van der Waals surface area contributed by atoms with Crippen LogP contribution in [-0.2, 0) is 20.8 Å². The Morgan fingerprint density at radius 1 is 1.33 bits per heavy atom. The number of aliphatic carboxylic acids is 1. The second kappa shape index (κ2) is 7.00. The number of carboxylic acid groups (broad SMARTS) is 1. The van der Waals surface area contributed by atoms with E-state index >= 15 is 0 Å². The highest BCUT2D eigenvalue weighted by Crippen LogP contribution is 2.35. The summed E-state index contributed by atoms with van der Waals surface area (Å²) in [6, 6.07) is 5.44. The number of aromatic hydroxyl groups is 1. The third-order valence-corrected chi connectivity index (χ3v) is 4.54. The van der Waals surface area contributed by atoms with Gasteiger partial charge in [-0.25, -0.2) is 0 Å². The molecule has 1 saturated carbocycles. The Morgan fingerprint density at radius 3 is 2.50 bits per heavy atom. The highest BCUT2D eigenvalue weighted by atomic mass is 16.4. The Labute approximate surface area is 139 Å². The molecule has 1 amide bonds. The third kappa shape index (κ3) is 3.73. The minimum absolute atomic E-state index is 0.101. The Morgan fingerprint density at radius 2 is 1.96 bits per heavy atom. The number of phenolic OH excluding ortho intramolecular Hbond substituents is 1. The van der Waals surface area contributed by atoms with Gasteiger partial charge in [0.25, 0.3) is 0 Å². The predicted molar refractivity (Wildman–Crippen MR) is 86.3 cm³/mol. The van der Waals surface area contributed by atoms with Crippen LogP contribution in [0.3, 0.4) is 0 Å². The number of phenols is 1. The topological polar surface area (TPSA) is 130 Å². The fourth-order valence-corrected chi connectivity index (χ4v) is 3.26. The molecule has 130 valence electrons. The number of ketones is 1. The molecule has 2 unspecified atom stereocenters. The van der Waals surface area contributed by atoms with Crippen molar-refractivity contribution >= 4 is 17.7 Å². The molecule has 1 aliphatic rings. The lowest BCUT2D eigenvalue weighted by Crippen LogP contribution is -2.57. The normalized spacial score (nSPS) is 24.3. The molecule has 0 saturated heterocycles. The molecule has 0 radical (unpaired) electrons. The fourth-order valence-electron chi connectivity index (χ4n) is 3.26. The van der Waals surface area contributed by atoms with Crippen LogP contribution in [-0.4, -0.2) is 39.5 Å². The van der Waals surface area contributed by atoms with E-state index in [9.17, 15) is 24.6 Å². The summed E-state index contributed by atoms with van der Waals surface area (Å²) < 4.78 is 0. The average Bonchev–Trinajstić information content (AvgIpc) is 2.91. The molecule has 1 aromatic carbocycles. The minimum atomic E-state index is -1.58. The molecule has 2 rings (SSSR count). The lowest BCUT2D eigenvalue weighted by atomic mass is 9.81. The van der Waals surface area contributed by atoms with E-state index in [1.807, 2.05) is 0 Å². The molecule has 0 aromatic heterocycles. The van der Waals surface area contributed by atoms with Crippen LogP contribution in [0.4, 0.5) is 0 Å². The van der Waals surface area contributed by atoms with Gasteiger partial charge in [-0.1, -0.05) is 18.6 Å². The molecule has 1 aliphatic carbocycles. The quantitative estimate of drug-likeness (QED) is 0.602. The molecule has 0 aliphatic heterocycles. The molecule has 0 bridgehead atoms. The summed E-state index contributed by atoms with van der Waals surface area (Å²) in [4.78, 5) is 35.8. The minimum Gasteiger partial charge on any atom is -0.508 e. The molecule has 7 nitrogen and oxygen atoms in total. The van der Waals surface area contributed by atoms with Crippen LogP contribution in [0.2, 0.25) is 0 Å². The Balaban J connectivity index is 2.23. The van der Waals surface area contributed by atoms with Gasteiger partial charge in [0, 0.05) is 12.8 Å². The van der Waals surface area contributed by atoms with Crippen LogP contribution in [0.1, 0.15) is 31.7 Å². The number of carbonyl (C=O) groups is 3. The molecule has 0 spiro atoms. The zero-order valence-electron chi connectivity index (χ0n) is 13.5. The average molecular weight is 334 g/mol. The molecule has 1 aromatic rings. The van der Waals surface area contributed by atoms with Gasteiger partial charge in [0.2, 0.25) is 5.91 Å². The number of Topliss-reactive ketones (excluding diaryl/α,β-unsaturated/α-hetero) is 1.